The monoisotopic (exact) mass is 452 g/mol. The summed E-state index contributed by atoms with van der Waals surface area (Å²) in [4.78, 5) is 31.6. The SMILES string of the molecule is Cc1ncsc1CN1C(=O)CO[C@H](c2ccc(NC(=O)Nc3ccccc3)cc2)[C@H]1CO. The molecule has 0 radical (unpaired) electrons. The smallest absolute Gasteiger partial charge is 0.323 e. The van der Waals surface area contributed by atoms with Crippen LogP contribution in [-0.2, 0) is 16.1 Å². The molecule has 32 heavy (non-hydrogen) atoms. The molecule has 3 N–H and O–H groups in total. The summed E-state index contributed by atoms with van der Waals surface area (Å²) in [6.07, 6.45) is -0.474. The molecule has 9 heteroatoms. The molecule has 1 aromatic heterocycles. The van der Waals surface area contributed by atoms with Gasteiger partial charge in [0.25, 0.3) is 0 Å². The molecule has 2 heterocycles. The average molecular weight is 453 g/mol. The number of ether oxygens (including phenoxy) is 1. The standard InChI is InChI=1S/C23H24N4O4S/c1-15-20(32-14-24-15)11-27-19(12-28)22(31-13-21(27)29)16-7-9-18(10-8-16)26-23(30)25-17-5-3-2-4-6-17/h2-10,14,19,22,28H,11-13H2,1H3,(H2,25,26,30)/t19-,22-/m1/s1. The Morgan fingerprint density at radius 3 is 2.47 bits per heavy atom. The number of hydrogen-bond donors (Lipinski definition) is 3. The lowest BCUT2D eigenvalue weighted by atomic mass is 9.99. The van der Waals surface area contributed by atoms with E-state index in [9.17, 15) is 14.7 Å². The van der Waals surface area contributed by atoms with Crippen molar-refractivity contribution in [1.29, 1.82) is 0 Å². The maximum Gasteiger partial charge on any atom is 0.323 e. The van der Waals surface area contributed by atoms with E-state index in [1.54, 1.807) is 34.7 Å². The molecule has 8 nitrogen and oxygen atoms in total. The van der Waals surface area contributed by atoms with Crippen LogP contribution < -0.4 is 10.6 Å². The Morgan fingerprint density at radius 1 is 1.16 bits per heavy atom. The van der Waals surface area contributed by atoms with E-state index in [4.69, 9.17) is 4.74 Å². The van der Waals surface area contributed by atoms with E-state index in [1.165, 1.54) is 11.3 Å². The van der Waals surface area contributed by atoms with E-state index in [0.717, 1.165) is 16.1 Å². The predicted octanol–water partition coefficient (Wildman–Crippen LogP) is 3.56. The minimum atomic E-state index is -0.516. The van der Waals surface area contributed by atoms with Crippen molar-refractivity contribution in [3.05, 3.63) is 76.2 Å². The number of carbonyl (C=O) groups is 2. The van der Waals surface area contributed by atoms with E-state index in [2.05, 4.69) is 15.6 Å². The summed E-state index contributed by atoms with van der Waals surface area (Å²) in [6.45, 7) is 2.01. The molecule has 0 saturated carbocycles. The Morgan fingerprint density at radius 2 is 1.84 bits per heavy atom. The molecule has 0 bridgehead atoms. The summed E-state index contributed by atoms with van der Waals surface area (Å²) in [5, 5.41) is 15.6. The van der Waals surface area contributed by atoms with Crippen molar-refractivity contribution in [1.82, 2.24) is 9.88 Å². The second kappa shape index (κ2) is 9.90. The van der Waals surface area contributed by atoms with E-state index in [1.807, 2.05) is 37.3 Å². The number of urea groups is 1. The maximum absolute atomic E-state index is 12.5. The fourth-order valence-corrected chi connectivity index (χ4v) is 4.40. The lowest BCUT2D eigenvalue weighted by Crippen LogP contribution is -2.52. The van der Waals surface area contributed by atoms with Gasteiger partial charge in [-0.1, -0.05) is 30.3 Å². The summed E-state index contributed by atoms with van der Waals surface area (Å²) < 4.78 is 5.80. The molecule has 1 aliphatic rings. The van der Waals surface area contributed by atoms with Gasteiger partial charge in [-0.15, -0.1) is 11.3 Å². The summed E-state index contributed by atoms with van der Waals surface area (Å²) in [6, 6.07) is 15.5. The van der Waals surface area contributed by atoms with Crippen molar-refractivity contribution in [2.45, 2.75) is 25.6 Å². The number of aromatic nitrogens is 1. The normalized spacial score (nSPS) is 18.4. The number of nitrogens with zero attached hydrogens (tertiary/aromatic N) is 2. The number of morpholine rings is 1. The average Bonchev–Trinajstić information content (AvgIpc) is 3.20. The highest BCUT2D eigenvalue weighted by atomic mass is 32.1. The highest BCUT2D eigenvalue weighted by Gasteiger charge is 2.37. The minimum absolute atomic E-state index is 0.0570. The number of thiazole rings is 1. The number of para-hydroxylation sites is 1. The van der Waals surface area contributed by atoms with Crippen LogP contribution in [-0.4, -0.2) is 46.2 Å². The summed E-state index contributed by atoms with van der Waals surface area (Å²) >= 11 is 1.49. The second-order valence-electron chi connectivity index (χ2n) is 7.43. The lowest BCUT2D eigenvalue weighted by Gasteiger charge is -2.40. The van der Waals surface area contributed by atoms with Crippen LogP contribution in [0.2, 0.25) is 0 Å². The van der Waals surface area contributed by atoms with Gasteiger partial charge in [0.1, 0.15) is 12.7 Å². The quantitative estimate of drug-likeness (QED) is 0.531. The molecule has 0 unspecified atom stereocenters. The van der Waals surface area contributed by atoms with E-state index < -0.39 is 12.1 Å². The van der Waals surface area contributed by atoms with Gasteiger partial charge < -0.3 is 25.4 Å². The summed E-state index contributed by atoms with van der Waals surface area (Å²) in [5.74, 6) is -0.163. The second-order valence-corrected chi connectivity index (χ2v) is 8.37. The third-order valence-electron chi connectivity index (χ3n) is 5.33. The van der Waals surface area contributed by atoms with Crippen molar-refractivity contribution < 1.29 is 19.4 Å². The van der Waals surface area contributed by atoms with Gasteiger partial charge >= 0.3 is 6.03 Å². The summed E-state index contributed by atoms with van der Waals surface area (Å²) in [7, 11) is 0. The van der Waals surface area contributed by atoms with Gasteiger partial charge in [0.2, 0.25) is 5.91 Å². The van der Waals surface area contributed by atoms with Crippen LogP contribution in [0, 0.1) is 6.92 Å². The van der Waals surface area contributed by atoms with Crippen LogP contribution in [0.25, 0.3) is 0 Å². The molecule has 3 amide bonds. The van der Waals surface area contributed by atoms with Crippen LogP contribution in [0.5, 0.6) is 0 Å². The molecule has 1 fully saturated rings. The largest absolute Gasteiger partial charge is 0.394 e. The first kappa shape index (κ1) is 21.9. The number of rotatable bonds is 6. The molecule has 1 aliphatic heterocycles. The first-order chi connectivity index (χ1) is 15.5. The number of anilines is 2. The van der Waals surface area contributed by atoms with E-state index >= 15 is 0 Å². The van der Waals surface area contributed by atoms with Gasteiger partial charge in [-0.05, 0) is 36.8 Å². The third kappa shape index (κ3) is 4.96. The number of aliphatic hydroxyl groups is 1. The first-order valence-corrected chi connectivity index (χ1v) is 11.1. The van der Waals surface area contributed by atoms with E-state index in [-0.39, 0.29) is 25.2 Å². The van der Waals surface area contributed by atoms with Gasteiger partial charge in [0.05, 0.1) is 30.4 Å². The van der Waals surface area contributed by atoms with Crippen LogP contribution in [0.15, 0.2) is 60.1 Å². The topological polar surface area (TPSA) is 104 Å². The Hall–Kier alpha value is -3.27. The van der Waals surface area contributed by atoms with Gasteiger partial charge in [-0.3, -0.25) is 4.79 Å². The third-order valence-corrected chi connectivity index (χ3v) is 6.25. The first-order valence-electron chi connectivity index (χ1n) is 10.2. The molecule has 3 aromatic rings. The van der Waals surface area contributed by atoms with Crippen LogP contribution >= 0.6 is 11.3 Å². The molecule has 0 aliphatic carbocycles. The van der Waals surface area contributed by atoms with Crippen molar-refractivity contribution >= 4 is 34.6 Å². The van der Waals surface area contributed by atoms with Gasteiger partial charge in [-0.25, -0.2) is 9.78 Å². The number of hydrogen-bond acceptors (Lipinski definition) is 6. The van der Waals surface area contributed by atoms with Crippen molar-refractivity contribution in [3.63, 3.8) is 0 Å². The highest BCUT2D eigenvalue weighted by molar-refractivity contribution is 7.09. The fourth-order valence-electron chi connectivity index (χ4n) is 3.63. The molecular weight excluding hydrogens is 428 g/mol. The number of carbonyl (C=O) groups excluding carboxylic acids is 2. The van der Waals surface area contributed by atoms with Crippen LogP contribution in [0.1, 0.15) is 22.2 Å². The predicted molar refractivity (Wildman–Crippen MR) is 122 cm³/mol. The minimum Gasteiger partial charge on any atom is -0.394 e. The van der Waals surface area contributed by atoms with Gasteiger partial charge in [-0.2, -0.15) is 0 Å². The summed E-state index contributed by atoms with van der Waals surface area (Å²) in [5.41, 5.74) is 4.76. The Labute approximate surface area is 189 Å². The molecule has 2 aromatic carbocycles. The number of nitrogens with one attached hydrogen (secondary N) is 2. The Kier molecular flexibility index (Phi) is 6.79. The van der Waals surface area contributed by atoms with Crippen molar-refractivity contribution in [2.24, 2.45) is 0 Å². The van der Waals surface area contributed by atoms with E-state index in [0.29, 0.717) is 17.9 Å². The zero-order valence-corrected chi connectivity index (χ0v) is 18.3. The van der Waals surface area contributed by atoms with Crippen molar-refractivity contribution in [2.75, 3.05) is 23.8 Å². The molecule has 2 atom stereocenters. The number of amides is 3. The zero-order chi connectivity index (χ0) is 22.5. The van der Waals surface area contributed by atoms with Crippen molar-refractivity contribution in [3.8, 4) is 0 Å². The van der Waals surface area contributed by atoms with Crippen LogP contribution in [0.4, 0.5) is 16.2 Å². The highest BCUT2D eigenvalue weighted by Crippen LogP contribution is 2.31. The van der Waals surface area contributed by atoms with Gasteiger partial charge in [0, 0.05) is 16.3 Å². The van der Waals surface area contributed by atoms with Gasteiger partial charge in [0.15, 0.2) is 0 Å². The Balaban J connectivity index is 1.44. The molecule has 1 saturated heterocycles. The number of aliphatic hydroxyl groups excluding tert-OH is 1. The number of benzene rings is 2. The Bertz CT molecular complexity index is 1070. The molecule has 0 spiro atoms. The zero-order valence-electron chi connectivity index (χ0n) is 17.5. The number of aryl methyl sites for hydroxylation is 1. The molecular formula is C23H24N4O4S. The fraction of sp³-hybridized carbons (Fsp3) is 0.261. The molecule has 166 valence electrons. The molecule has 4 rings (SSSR count). The maximum atomic E-state index is 12.5. The van der Waals surface area contributed by atoms with Crippen LogP contribution in [0.3, 0.4) is 0 Å². The lowest BCUT2D eigenvalue weighted by molar-refractivity contribution is -0.161.